The van der Waals surface area contributed by atoms with Gasteiger partial charge in [0.15, 0.2) is 4.80 Å². The quantitative estimate of drug-likeness (QED) is 0.265. The standard InChI is InChI=1S/C29H23I2N3O4S/c1-3-38-21-11-9-17(10-12-21)25-24(27(36)33-20-7-5-4-6-8-20)16(2)32-29-34(25)28(37)23(39-29)14-18-13-19(30)15-22(31)26(18)35/h4-15,25,35H,3H2,1-2H3,(H,33,36)/b23-14-/t25-/m1/s1. The predicted molar refractivity (Wildman–Crippen MR) is 170 cm³/mol. The summed E-state index contributed by atoms with van der Waals surface area (Å²) in [7, 11) is 0. The van der Waals surface area contributed by atoms with Gasteiger partial charge in [-0.3, -0.25) is 14.2 Å². The van der Waals surface area contributed by atoms with Crippen molar-refractivity contribution in [2.24, 2.45) is 4.99 Å². The highest BCUT2D eigenvalue weighted by Crippen LogP contribution is 2.32. The maximum Gasteiger partial charge on any atom is 0.271 e. The number of rotatable bonds is 6. The molecule has 0 bridgehead atoms. The number of allylic oxidation sites excluding steroid dienone is 1. The van der Waals surface area contributed by atoms with E-state index in [1.54, 1.807) is 17.6 Å². The Hall–Kier alpha value is -2.97. The largest absolute Gasteiger partial charge is 0.506 e. The average Bonchev–Trinajstić information content (AvgIpc) is 3.21. The van der Waals surface area contributed by atoms with E-state index in [1.165, 1.54) is 11.3 Å². The number of benzene rings is 3. The Morgan fingerprint density at radius 2 is 1.87 bits per heavy atom. The number of fused-ring (bicyclic) bond motifs is 1. The van der Waals surface area contributed by atoms with Crippen molar-refractivity contribution >= 4 is 74.2 Å². The van der Waals surface area contributed by atoms with Crippen molar-refractivity contribution in [1.82, 2.24) is 4.57 Å². The van der Waals surface area contributed by atoms with Gasteiger partial charge < -0.3 is 15.2 Å². The monoisotopic (exact) mass is 763 g/mol. The molecule has 4 aromatic rings. The number of carbonyl (C=O) groups is 1. The first kappa shape index (κ1) is 27.6. The Morgan fingerprint density at radius 1 is 1.15 bits per heavy atom. The number of nitrogens with zero attached hydrogens (tertiary/aromatic N) is 2. The molecular weight excluding hydrogens is 740 g/mol. The van der Waals surface area contributed by atoms with Gasteiger partial charge in [0.2, 0.25) is 0 Å². The van der Waals surface area contributed by atoms with E-state index in [0.29, 0.717) is 47.8 Å². The first-order valence-electron chi connectivity index (χ1n) is 12.1. The molecule has 39 heavy (non-hydrogen) atoms. The molecule has 5 rings (SSSR count). The highest BCUT2D eigenvalue weighted by molar-refractivity contribution is 14.1. The summed E-state index contributed by atoms with van der Waals surface area (Å²) < 4.78 is 9.22. The summed E-state index contributed by atoms with van der Waals surface area (Å²) in [6.07, 6.45) is 1.68. The molecule has 0 fully saturated rings. The van der Waals surface area contributed by atoms with Crippen LogP contribution in [0.25, 0.3) is 6.08 Å². The summed E-state index contributed by atoms with van der Waals surface area (Å²) in [5.41, 5.74) is 2.57. The minimum absolute atomic E-state index is 0.115. The number of amides is 1. The lowest BCUT2D eigenvalue weighted by atomic mass is 9.95. The third-order valence-corrected chi connectivity index (χ3v) is 8.58. The number of para-hydroxylation sites is 1. The van der Waals surface area contributed by atoms with Crippen LogP contribution in [0.4, 0.5) is 5.69 Å². The van der Waals surface area contributed by atoms with Gasteiger partial charge in [0, 0.05) is 14.8 Å². The first-order valence-corrected chi connectivity index (χ1v) is 15.0. The van der Waals surface area contributed by atoms with Crippen LogP contribution in [-0.2, 0) is 4.79 Å². The maximum atomic E-state index is 13.9. The van der Waals surface area contributed by atoms with E-state index in [4.69, 9.17) is 4.74 Å². The van der Waals surface area contributed by atoms with Crippen molar-refractivity contribution in [1.29, 1.82) is 0 Å². The zero-order valence-corrected chi connectivity index (χ0v) is 26.1. The van der Waals surface area contributed by atoms with E-state index < -0.39 is 6.04 Å². The molecule has 0 radical (unpaired) electrons. The highest BCUT2D eigenvalue weighted by Gasteiger charge is 2.32. The maximum absolute atomic E-state index is 13.9. The molecule has 0 saturated carbocycles. The minimum atomic E-state index is -0.701. The van der Waals surface area contributed by atoms with Crippen LogP contribution >= 0.6 is 56.5 Å². The van der Waals surface area contributed by atoms with Gasteiger partial charge >= 0.3 is 0 Å². The van der Waals surface area contributed by atoms with Crippen LogP contribution in [0.2, 0.25) is 0 Å². The molecule has 1 aliphatic heterocycles. The Kier molecular flexibility index (Phi) is 8.24. The van der Waals surface area contributed by atoms with Gasteiger partial charge in [0.25, 0.3) is 11.5 Å². The second-order valence-electron chi connectivity index (χ2n) is 8.73. The topological polar surface area (TPSA) is 92.9 Å². The van der Waals surface area contributed by atoms with Gasteiger partial charge in [-0.25, -0.2) is 4.99 Å². The van der Waals surface area contributed by atoms with Crippen LogP contribution < -0.4 is 24.9 Å². The average molecular weight is 763 g/mol. The third kappa shape index (κ3) is 5.68. The number of phenolic OH excluding ortho intramolecular Hbond substituents is 1. The number of halogens is 2. The molecule has 1 aliphatic rings. The molecule has 0 unspecified atom stereocenters. The lowest BCUT2D eigenvalue weighted by molar-refractivity contribution is -0.113. The fourth-order valence-electron chi connectivity index (χ4n) is 4.40. The fourth-order valence-corrected chi connectivity index (χ4v) is 7.32. The lowest BCUT2D eigenvalue weighted by Crippen LogP contribution is -2.40. The molecule has 2 N–H and O–H groups in total. The summed E-state index contributed by atoms with van der Waals surface area (Å²) >= 11 is 5.48. The highest BCUT2D eigenvalue weighted by atomic mass is 127. The number of hydrogen-bond donors (Lipinski definition) is 2. The first-order chi connectivity index (χ1) is 18.8. The third-order valence-electron chi connectivity index (χ3n) is 6.15. The summed E-state index contributed by atoms with van der Waals surface area (Å²) in [6.45, 7) is 4.23. The Morgan fingerprint density at radius 3 is 2.56 bits per heavy atom. The SMILES string of the molecule is CCOc1ccc([C@@H]2C(C(=O)Nc3ccccc3)=C(C)N=c3s/c(=C\c4cc(I)cc(I)c4O)c(=O)n32)cc1. The molecule has 7 nitrogen and oxygen atoms in total. The molecule has 3 aromatic carbocycles. The zero-order valence-electron chi connectivity index (χ0n) is 20.9. The Bertz CT molecular complexity index is 1780. The van der Waals surface area contributed by atoms with Crippen LogP contribution in [0.3, 0.4) is 0 Å². The van der Waals surface area contributed by atoms with Crippen molar-refractivity contribution in [2.75, 3.05) is 11.9 Å². The molecule has 1 atom stereocenters. The summed E-state index contributed by atoms with van der Waals surface area (Å²) in [6, 6.07) is 19.6. The van der Waals surface area contributed by atoms with Gasteiger partial charge in [-0.15, -0.1) is 0 Å². The molecule has 2 heterocycles. The van der Waals surface area contributed by atoms with Crippen molar-refractivity contribution in [3.63, 3.8) is 0 Å². The number of phenols is 1. The normalized spacial score (nSPS) is 15.1. The minimum Gasteiger partial charge on any atom is -0.506 e. The summed E-state index contributed by atoms with van der Waals surface area (Å²) in [5, 5.41) is 13.6. The van der Waals surface area contributed by atoms with Gasteiger partial charge in [0.05, 0.1) is 32.0 Å². The van der Waals surface area contributed by atoms with Crippen molar-refractivity contribution in [2.45, 2.75) is 19.9 Å². The predicted octanol–water partition coefficient (Wildman–Crippen LogP) is 5.19. The van der Waals surface area contributed by atoms with E-state index >= 15 is 0 Å². The Labute approximate surface area is 255 Å². The number of anilines is 1. The van der Waals surface area contributed by atoms with Crippen LogP contribution in [0.5, 0.6) is 11.5 Å². The number of aromatic nitrogens is 1. The van der Waals surface area contributed by atoms with Crippen molar-refractivity contribution < 1.29 is 14.6 Å². The number of carbonyl (C=O) groups excluding carboxylic acids is 1. The van der Waals surface area contributed by atoms with Gasteiger partial charge in [-0.2, -0.15) is 0 Å². The van der Waals surface area contributed by atoms with Crippen LogP contribution in [0.15, 0.2) is 87.8 Å². The summed E-state index contributed by atoms with van der Waals surface area (Å²) in [4.78, 5) is 32.7. The van der Waals surface area contributed by atoms with E-state index in [0.717, 1.165) is 9.13 Å². The molecule has 198 valence electrons. The molecule has 10 heteroatoms. The smallest absolute Gasteiger partial charge is 0.271 e. The number of hydrogen-bond acceptors (Lipinski definition) is 6. The fraction of sp³-hybridized carbons (Fsp3) is 0.138. The zero-order chi connectivity index (χ0) is 27.7. The molecular formula is C29H23I2N3O4S. The van der Waals surface area contributed by atoms with E-state index in [9.17, 15) is 14.7 Å². The number of ether oxygens (including phenoxy) is 1. The lowest BCUT2D eigenvalue weighted by Gasteiger charge is -2.25. The van der Waals surface area contributed by atoms with Gasteiger partial charge in [-0.1, -0.05) is 41.7 Å². The van der Waals surface area contributed by atoms with Gasteiger partial charge in [-0.05, 0) is 107 Å². The van der Waals surface area contributed by atoms with Crippen LogP contribution in [-0.4, -0.2) is 22.2 Å². The molecule has 0 spiro atoms. The van der Waals surface area contributed by atoms with E-state index in [1.807, 2.05) is 73.7 Å². The van der Waals surface area contributed by atoms with Gasteiger partial charge in [0.1, 0.15) is 11.5 Å². The second-order valence-corrected chi connectivity index (χ2v) is 12.1. The van der Waals surface area contributed by atoms with Crippen molar-refractivity contribution in [3.05, 3.63) is 116 Å². The van der Waals surface area contributed by atoms with Crippen LogP contribution in [0, 0.1) is 7.14 Å². The van der Waals surface area contributed by atoms with E-state index in [2.05, 4.69) is 55.5 Å². The number of nitrogens with one attached hydrogen (secondary N) is 1. The molecule has 0 saturated heterocycles. The van der Waals surface area contributed by atoms with Crippen molar-refractivity contribution in [3.8, 4) is 11.5 Å². The molecule has 1 aromatic heterocycles. The molecule has 0 aliphatic carbocycles. The second kappa shape index (κ2) is 11.6. The number of thiazole rings is 1. The van der Waals surface area contributed by atoms with E-state index in [-0.39, 0.29) is 17.2 Å². The van der Waals surface area contributed by atoms with Crippen LogP contribution in [0.1, 0.15) is 31.0 Å². The summed E-state index contributed by atoms with van der Waals surface area (Å²) in [5.74, 6) is 0.484. The molecule has 1 amide bonds. The number of aromatic hydroxyl groups is 1. The Balaban J connectivity index is 1.68.